The molecule has 0 aliphatic carbocycles. The molecule has 0 aliphatic rings. The van der Waals surface area contributed by atoms with Crippen LogP contribution in [0.15, 0.2) is 24.3 Å². The van der Waals surface area contributed by atoms with Crippen LogP contribution in [0.25, 0.3) is 0 Å². The molecule has 3 atom stereocenters. The Morgan fingerprint density at radius 1 is 0.941 bits per heavy atom. The van der Waals surface area contributed by atoms with Crippen LogP contribution >= 0.6 is 0 Å². The van der Waals surface area contributed by atoms with Gasteiger partial charge < -0.3 is 5.32 Å². The molecule has 96 valence electrons. The standard InChI is InChI=1S/C16H27N/c1-6-12(3)14-8-10-15(11-9-14)16(17-5)13(4)7-2/h8-13,16-17H,6-7H2,1-5H3. The minimum absolute atomic E-state index is 0.478. The molecule has 3 unspecified atom stereocenters. The molecule has 0 saturated carbocycles. The van der Waals surface area contributed by atoms with Gasteiger partial charge in [-0.05, 0) is 36.4 Å². The van der Waals surface area contributed by atoms with Crippen LogP contribution in [-0.4, -0.2) is 7.05 Å². The van der Waals surface area contributed by atoms with Crippen molar-refractivity contribution < 1.29 is 0 Å². The second-order valence-electron chi connectivity index (χ2n) is 5.13. The zero-order valence-corrected chi connectivity index (χ0v) is 12.0. The monoisotopic (exact) mass is 233 g/mol. The van der Waals surface area contributed by atoms with Crippen molar-refractivity contribution in [2.24, 2.45) is 5.92 Å². The fourth-order valence-corrected chi connectivity index (χ4v) is 2.28. The predicted octanol–water partition coefficient (Wildman–Crippen LogP) is 4.51. The summed E-state index contributed by atoms with van der Waals surface area (Å²) in [5.41, 5.74) is 2.86. The van der Waals surface area contributed by atoms with E-state index < -0.39 is 0 Å². The Hall–Kier alpha value is -0.820. The van der Waals surface area contributed by atoms with E-state index in [4.69, 9.17) is 0 Å². The first-order valence-corrected chi connectivity index (χ1v) is 6.91. The normalized spacial score (nSPS) is 16.5. The van der Waals surface area contributed by atoms with Crippen LogP contribution in [-0.2, 0) is 0 Å². The molecule has 1 rings (SSSR count). The third kappa shape index (κ3) is 3.57. The maximum absolute atomic E-state index is 3.43. The van der Waals surface area contributed by atoms with E-state index in [-0.39, 0.29) is 0 Å². The molecule has 1 aromatic rings. The summed E-state index contributed by atoms with van der Waals surface area (Å²) in [6.45, 7) is 9.10. The lowest BCUT2D eigenvalue weighted by Gasteiger charge is -2.23. The Labute approximate surface area is 107 Å². The van der Waals surface area contributed by atoms with E-state index in [0.29, 0.717) is 17.9 Å². The fraction of sp³-hybridized carbons (Fsp3) is 0.625. The Bertz CT molecular complexity index is 315. The number of hydrogen-bond acceptors (Lipinski definition) is 1. The molecular weight excluding hydrogens is 206 g/mol. The summed E-state index contributed by atoms with van der Waals surface area (Å²) < 4.78 is 0. The van der Waals surface area contributed by atoms with Gasteiger partial charge >= 0.3 is 0 Å². The van der Waals surface area contributed by atoms with Crippen molar-refractivity contribution in [2.75, 3.05) is 7.05 Å². The topological polar surface area (TPSA) is 12.0 Å². The van der Waals surface area contributed by atoms with Gasteiger partial charge in [-0.2, -0.15) is 0 Å². The molecule has 0 amide bonds. The van der Waals surface area contributed by atoms with Crippen molar-refractivity contribution in [2.45, 2.75) is 52.5 Å². The van der Waals surface area contributed by atoms with Crippen molar-refractivity contribution in [1.29, 1.82) is 0 Å². The zero-order chi connectivity index (χ0) is 12.8. The lowest BCUT2D eigenvalue weighted by Crippen LogP contribution is -2.23. The summed E-state index contributed by atoms with van der Waals surface area (Å²) in [4.78, 5) is 0. The number of benzene rings is 1. The molecule has 0 bridgehead atoms. The maximum Gasteiger partial charge on any atom is 0.0343 e. The summed E-state index contributed by atoms with van der Waals surface area (Å²) in [6, 6.07) is 9.63. The van der Waals surface area contributed by atoms with Crippen molar-refractivity contribution >= 4 is 0 Å². The van der Waals surface area contributed by atoms with E-state index in [2.05, 4.69) is 64.3 Å². The van der Waals surface area contributed by atoms with Gasteiger partial charge in [0.1, 0.15) is 0 Å². The third-order valence-electron chi connectivity index (χ3n) is 4.00. The van der Waals surface area contributed by atoms with Gasteiger partial charge in [0, 0.05) is 6.04 Å². The maximum atomic E-state index is 3.43. The lowest BCUT2D eigenvalue weighted by molar-refractivity contribution is 0.400. The van der Waals surface area contributed by atoms with Crippen LogP contribution in [0.4, 0.5) is 0 Å². The minimum Gasteiger partial charge on any atom is -0.313 e. The Morgan fingerprint density at radius 2 is 1.47 bits per heavy atom. The molecule has 0 spiro atoms. The number of nitrogens with one attached hydrogen (secondary N) is 1. The quantitative estimate of drug-likeness (QED) is 0.762. The van der Waals surface area contributed by atoms with Crippen LogP contribution in [0.1, 0.15) is 63.6 Å². The lowest BCUT2D eigenvalue weighted by atomic mass is 9.90. The number of hydrogen-bond donors (Lipinski definition) is 1. The molecule has 1 aromatic carbocycles. The van der Waals surface area contributed by atoms with Gasteiger partial charge in [-0.15, -0.1) is 0 Å². The van der Waals surface area contributed by atoms with Crippen LogP contribution in [0.2, 0.25) is 0 Å². The summed E-state index contributed by atoms with van der Waals surface area (Å²) in [5, 5.41) is 3.43. The van der Waals surface area contributed by atoms with Crippen molar-refractivity contribution in [3.8, 4) is 0 Å². The first kappa shape index (κ1) is 14.2. The highest BCUT2D eigenvalue weighted by Crippen LogP contribution is 2.26. The van der Waals surface area contributed by atoms with Gasteiger partial charge in [-0.1, -0.05) is 58.4 Å². The summed E-state index contributed by atoms with van der Waals surface area (Å²) in [6.07, 6.45) is 2.42. The van der Waals surface area contributed by atoms with Gasteiger partial charge in [0.2, 0.25) is 0 Å². The second-order valence-corrected chi connectivity index (χ2v) is 5.13. The van der Waals surface area contributed by atoms with E-state index in [1.807, 2.05) is 0 Å². The molecule has 1 nitrogen and oxygen atoms in total. The SMILES string of the molecule is CCC(C)c1ccc(C(NC)C(C)CC)cc1. The molecule has 17 heavy (non-hydrogen) atoms. The Morgan fingerprint density at radius 3 is 1.88 bits per heavy atom. The smallest absolute Gasteiger partial charge is 0.0343 e. The van der Waals surface area contributed by atoms with Crippen molar-refractivity contribution in [3.05, 3.63) is 35.4 Å². The van der Waals surface area contributed by atoms with Crippen LogP contribution in [0, 0.1) is 5.92 Å². The van der Waals surface area contributed by atoms with Gasteiger partial charge in [0.25, 0.3) is 0 Å². The van der Waals surface area contributed by atoms with Crippen LogP contribution < -0.4 is 5.32 Å². The second kappa shape index (κ2) is 6.80. The molecule has 0 aromatic heterocycles. The Balaban J connectivity index is 2.85. The van der Waals surface area contributed by atoms with E-state index in [1.54, 1.807) is 0 Å². The highest BCUT2D eigenvalue weighted by atomic mass is 14.9. The van der Waals surface area contributed by atoms with Crippen LogP contribution in [0.3, 0.4) is 0 Å². The average molecular weight is 233 g/mol. The van der Waals surface area contributed by atoms with E-state index in [9.17, 15) is 0 Å². The van der Waals surface area contributed by atoms with Gasteiger partial charge in [0.15, 0.2) is 0 Å². The summed E-state index contributed by atoms with van der Waals surface area (Å²) in [5.74, 6) is 1.34. The molecule has 0 heterocycles. The van der Waals surface area contributed by atoms with E-state index in [1.165, 1.54) is 24.0 Å². The Kier molecular flexibility index (Phi) is 5.70. The van der Waals surface area contributed by atoms with E-state index >= 15 is 0 Å². The molecule has 1 N–H and O–H groups in total. The molecule has 1 heteroatoms. The van der Waals surface area contributed by atoms with Crippen molar-refractivity contribution in [3.63, 3.8) is 0 Å². The molecule has 0 fully saturated rings. The van der Waals surface area contributed by atoms with Gasteiger partial charge in [0.05, 0.1) is 0 Å². The van der Waals surface area contributed by atoms with Crippen LogP contribution in [0.5, 0.6) is 0 Å². The summed E-state index contributed by atoms with van der Waals surface area (Å²) in [7, 11) is 2.05. The van der Waals surface area contributed by atoms with Gasteiger partial charge in [-0.3, -0.25) is 0 Å². The molecule has 0 radical (unpaired) electrons. The average Bonchev–Trinajstić information content (AvgIpc) is 2.39. The third-order valence-corrected chi connectivity index (χ3v) is 4.00. The van der Waals surface area contributed by atoms with Crippen molar-refractivity contribution in [1.82, 2.24) is 5.32 Å². The molecule has 0 aliphatic heterocycles. The first-order valence-electron chi connectivity index (χ1n) is 6.91. The highest BCUT2D eigenvalue weighted by molar-refractivity contribution is 5.27. The predicted molar refractivity (Wildman–Crippen MR) is 76.4 cm³/mol. The molecular formula is C16H27N. The molecule has 0 saturated heterocycles. The fourth-order valence-electron chi connectivity index (χ4n) is 2.28. The largest absolute Gasteiger partial charge is 0.313 e. The summed E-state index contributed by atoms with van der Waals surface area (Å²) >= 11 is 0. The zero-order valence-electron chi connectivity index (χ0n) is 12.0. The van der Waals surface area contributed by atoms with E-state index in [0.717, 1.165) is 0 Å². The number of rotatable bonds is 6. The van der Waals surface area contributed by atoms with Gasteiger partial charge in [-0.25, -0.2) is 0 Å². The first-order chi connectivity index (χ1) is 8.13. The minimum atomic E-state index is 0.478. The highest BCUT2D eigenvalue weighted by Gasteiger charge is 2.15.